The summed E-state index contributed by atoms with van der Waals surface area (Å²) in [5, 5.41) is 7.72. The van der Waals surface area contributed by atoms with Gasteiger partial charge < -0.3 is 15.4 Å². The van der Waals surface area contributed by atoms with E-state index >= 15 is 0 Å². The third-order valence-corrected chi connectivity index (χ3v) is 6.87. The molecule has 1 amide bonds. The van der Waals surface area contributed by atoms with Gasteiger partial charge in [-0.05, 0) is 56.3 Å². The molecule has 9 heteroatoms. The van der Waals surface area contributed by atoms with Gasteiger partial charge in [0.25, 0.3) is 5.91 Å². The minimum atomic E-state index is -0.123. The average Bonchev–Trinajstić information content (AvgIpc) is 3.34. The normalized spacial score (nSPS) is 19.9. The lowest BCUT2D eigenvalue weighted by Crippen LogP contribution is -2.37. The third-order valence-electron chi connectivity index (χ3n) is 5.05. The molecule has 2 aromatic rings. The summed E-state index contributed by atoms with van der Waals surface area (Å²) in [6.07, 6.45) is 4.74. The molecule has 2 saturated heterocycles. The second-order valence-corrected chi connectivity index (χ2v) is 9.67. The van der Waals surface area contributed by atoms with E-state index in [0.717, 1.165) is 67.1 Å². The molecule has 0 aliphatic carbocycles. The van der Waals surface area contributed by atoms with E-state index < -0.39 is 0 Å². The number of morpholine rings is 1. The van der Waals surface area contributed by atoms with Gasteiger partial charge in [0, 0.05) is 25.8 Å². The number of benzene rings is 1. The van der Waals surface area contributed by atoms with Crippen molar-refractivity contribution in [2.24, 2.45) is 4.99 Å². The number of aryl methyl sites for hydroxylation is 2. The fourth-order valence-corrected chi connectivity index (χ4v) is 5.09. The Morgan fingerprint density at radius 2 is 2.16 bits per heavy atom. The van der Waals surface area contributed by atoms with Crippen molar-refractivity contribution in [3.05, 3.63) is 45.3 Å². The molecule has 0 spiro atoms. The van der Waals surface area contributed by atoms with E-state index in [1.54, 1.807) is 17.5 Å². The standard InChI is InChI=1S/C22H27N5O2S2/c1-15-4-5-18(16(2)12-15)25-22-26-20(28)19(31-22)13-17-14-24-21(30-17)23-6-3-7-27-8-10-29-11-9-27/h4-5,12-14H,3,6-11H2,1-2H3,(H,23,24)(H,25,26,28). The molecule has 2 fully saturated rings. The summed E-state index contributed by atoms with van der Waals surface area (Å²) in [4.78, 5) is 25.4. The highest BCUT2D eigenvalue weighted by molar-refractivity contribution is 8.18. The topological polar surface area (TPSA) is 78.8 Å². The van der Waals surface area contributed by atoms with Crippen LogP contribution in [0.4, 0.5) is 10.8 Å². The molecule has 0 saturated carbocycles. The van der Waals surface area contributed by atoms with Crippen LogP contribution in [0.5, 0.6) is 0 Å². The molecular formula is C22H27N5O2S2. The van der Waals surface area contributed by atoms with E-state index in [2.05, 4.69) is 38.5 Å². The number of hydrogen-bond acceptors (Lipinski definition) is 8. The molecule has 31 heavy (non-hydrogen) atoms. The minimum absolute atomic E-state index is 0.123. The number of thioether (sulfide) groups is 1. The van der Waals surface area contributed by atoms with Crippen LogP contribution in [-0.2, 0) is 9.53 Å². The summed E-state index contributed by atoms with van der Waals surface area (Å²) in [6, 6.07) is 6.09. The lowest BCUT2D eigenvalue weighted by molar-refractivity contribution is -0.115. The highest BCUT2D eigenvalue weighted by Gasteiger charge is 2.24. The zero-order chi connectivity index (χ0) is 21.6. The average molecular weight is 458 g/mol. The third kappa shape index (κ3) is 6.16. The molecule has 0 bridgehead atoms. The Hall–Kier alpha value is -2.20. The lowest BCUT2D eigenvalue weighted by atomic mass is 10.1. The predicted molar refractivity (Wildman–Crippen MR) is 129 cm³/mol. The number of thiazole rings is 1. The summed E-state index contributed by atoms with van der Waals surface area (Å²) < 4.78 is 5.38. The van der Waals surface area contributed by atoms with Gasteiger partial charge in [-0.2, -0.15) is 0 Å². The summed E-state index contributed by atoms with van der Waals surface area (Å²) in [5.74, 6) is -0.123. The fraction of sp³-hybridized carbons (Fsp3) is 0.409. The van der Waals surface area contributed by atoms with Crippen LogP contribution in [0.2, 0.25) is 0 Å². The zero-order valence-electron chi connectivity index (χ0n) is 17.8. The minimum Gasteiger partial charge on any atom is -0.379 e. The molecule has 2 aliphatic heterocycles. The van der Waals surface area contributed by atoms with Crippen LogP contribution in [0.25, 0.3) is 6.08 Å². The van der Waals surface area contributed by atoms with Gasteiger partial charge in [-0.25, -0.2) is 9.98 Å². The van der Waals surface area contributed by atoms with Gasteiger partial charge in [0.1, 0.15) is 0 Å². The van der Waals surface area contributed by atoms with Crippen molar-refractivity contribution in [1.29, 1.82) is 0 Å². The number of rotatable bonds is 7. The van der Waals surface area contributed by atoms with Crippen molar-refractivity contribution < 1.29 is 9.53 Å². The highest BCUT2D eigenvalue weighted by Crippen LogP contribution is 2.31. The first kappa shape index (κ1) is 22.0. The number of nitrogens with zero attached hydrogens (tertiary/aromatic N) is 3. The fourth-order valence-electron chi connectivity index (χ4n) is 3.41. The maximum absolute atomic E-state index is 12.4. The second-order valence-electron chi connectivity index (χ2n) is 7.57. The van der Waals surface area contributed by atoms with Crippen molar-refractivity contribution in [3.63, 3.8) is 0 Å². The Morgan fingerprint density at radius 1 is 1.32 bits per heavy atom. The van der Waals surface area contributed by atoms with Crippen LogP contribution >= 0.6 is 23.1 Å². The molecular weight excluding hydrogens is 430 g/mol. The smallest absolute Gasteiger partial charge is 0.264 e. The Kier molecular flexibility index (Phi) is 7.39. The largest absolute Gasteiger partial charge is 0.379 e. The predicted octanol–water partition coefficient (Wildman–Crippen LogP) is 3.79. The van der Waals surface area contributed by atoms with Gasteiger partial charge in [-0.3, -0.25) is 9.69 Å². The van der Waals surface area contributed by atoms with E-state index in [-0.39, 0.29) is 5.91 Å². The Bertz CT molecular complexity index is 996. The number of anilines is 1. The Morgan fingerprint density at radius 3 is 2.97 bits per heavy atom. The van der Waals surface area contributed by atoms with Gasteiger partial charge >= 0.3 is 0 Å². The molecule has 2 aliphatic rings. The quantitative estimate of drug-likeness (QED) is 0.487. The Labute approximate surface area is 191 Å². The summed E-state index contributed by atoms with van der Waals surface area (Å²) in [5.41, 5.74) is 3.16. The Balaban J connectivity index is 1.31. The van der Waals surface area contributed by atoms with Gasteiger partial charge in [0.15, 0.2) is 10.3 Å². The van der Waals surface area contributed by atoms with E-state index in [9.17, 15) is 4.79 Å². The van der Waals surface area contributed by atoms with Crippen LogP contribution < -0.4 is 10.6 Å². The summed E-state index contributed by atoms with van der Waals surface area (Å²) in [7, 11) is 0. The molecule has 4 rings (SSSR count). The number of ether oxygens (including phenoxy) is 1. The molecule has 0 radical (unpaired) electrons. The van der Waals surface area contributed by atoms with Crippen molar-refractivity contribution >= 4 is 51.1 Å². The highest BCUT2D eigenvalue weighted by atomic mass is 32.2. The van der Waals surface area contributed by atoms with Crippen LogP contribution in [0.1, 0.15) is 22.4 Å². The van der Waals surface area contributed by atoms with Gasteiger partial charge in [-0.1, -0.05) is 29.0 Å². The SMILES string of the molecule is Cc1ccc(N=C2NC(=O)C(=Cc3cnc(NCCCN4CCOCC4)s3)S2)c(C)c1. The van der Waals surface area contributed by atoms with Crippen molar-refractivity contribution in [3.8, 4) is 0 Å². The number of nitrogens with one attached hydrogen (secondary N) is 2. The van der Waals surface area contributed by atoms with Crippen LogP contribution in [0, 0.1) is 13.8 Å². The molecule has 1 aromatic carbocycles. The number of aliphatic imine (C=N–C) groups is 1. The van der Waals surface area contributed by atoms with Crippen molar-refractivity contribution in [1.82, 2.24) is 15.2 Å². The van der Waals surface area contributed by atoms with Gasteiger partial charge in [-0.15, -0.1) is 0 Å². The second kappa shape index (κ2) is 10.4. The summed E-state index contributed by atoms with van der Waals surface area (Å²) in [6.45, 7) is 9.73. The van der Waals surface area contributed by atoms with Crippen molar-refractivity contribution in [2.45, 2.75) is 20.3 Å². The number of carbonyl (C=O) groups excluding carboxylic acids is 1. The molecule has 2 N–H and O–H groups in total. The monoisotopic (exact) mass is 457 g/mol. The first-order chi connectivity index (χ1) is 15.1. The van der Waals surface area contributed by atoms with E-state index in [4.69, 9.17) is 4.74 Å². The maximum Gasteiger partial charge on any atom is 0.264 e. The number of hydrogen-bond donors (Lipinski definition) is 2. The molecule has 3 heterocycles. The lowest BCUT2D eigenvalue weighted by Gasteiger charge is -2.26. The number of aromatic nitrogens is 1. The van der Waals surface area contributed by atoms with Crippen LogP contribution in [0.3, 0.4) is 0 Å². The summed E-state index contributed by atoms with van der Waals surface area (Å²) >= 11 is 2.91. The molecule has 164 valence electrons. The van der Waals surface area contributed by atoms with Gasteiger partial charge in [0.2, 0.25) is 0 Å². The molecule has 0 unspecified atom stereocenters. The molecule has 7 nitrogen and oxygen atoms in total. The van der Waals surface area contributed by atoms with Crippen LogP contribution in [0.15, 0.2) is 34.3 Å². The number of carbonyl (C=O) groups is 1. The number of amidine groups is 1. The van der Waals surface area contributed by atoms with Crippen molar-refractivity contribution in [2.75, 3.05) is 44.7 Å². The van der Waals surface area contributed by atoms with E-state index in [1.165, 1.54) is 17.3 Å². The first-order valence-electron chi connectivity index (χ1n) is 10.4. The maximum atomic E-state index is 12.4. The first-order valence-corrected chi connectivity index (χ1v) is 12.1. The number of amides is 1. The van der Waals surface area contributed by atoms with Crippen LogP contribution in [-0.4, -0.2) is 60.4 Å². The molecule has 1 aromatic heterocycles. The van der Waals surface area contributed by atoms with E-state index in [0.29, 0.717) is 10.1 Å². The molecule has 0 atom stereocenters. The van der Waals surface area contributed by atoms with Gasteiger partial charge in [0.05, 0.1) is 28.7 Å². The zero-order valence-corrected chi connectivity index (χ0v) is 19.4. The van der Waals surface area contributed by atoms with E-state index in [1.807, 2.05) is 25.1 Å².